The van der Waals surface area contributed by atoms with Crippen LogP contribution >= 0.6 is 27.5 Å². The van der Waals surface area contributed by atoms with Crippen LogP contribution in [0.1, 0.15) is 5.56 Å². The fraction of sp³-hybridized carbons (Fsp3) is 0.0714. The summed E-state index contributed by atoms with van der Waals surface area (Å²) in [5, 5.41) is 11.0. The maximum Gasteiger partial charge on any atom is 0.514 e. The van der Waals surface area contributed by atoms with Crippen LogP contribution in [0.5, 0.6) is 5.75 Å². The highest BCUT2D eigenvalue weighted by atomic mass is 79.9. The molecule has 114 valence electrons. The van der Waals surface area contributed by atoms with Crippen LogP contribution < -0.4 is 4.74 Å². The van der Waals surface area contributed by atoms with E-state index in [2.05, 4.69) is 15.9 Å². The Balaban J connectivity index is 1.92. The van der Waals surface area contributed by atoms with E-state index < -0.39 is 11.1 Å². The number of nitrogens with zero attached hydrogens (tertiary/aromatic N) is 1. The smallest absolute Gasteiger partial charge is 0.429 e. The summed E-state index contributed by atoms with van der Waals surface area (Å²) in [6, 6.07) is 10.2. The van der Waals surface area contributed by atoms with Gasteiger partial charge in [0, 0.05) is 27.2 Å². The fourth-order valence-corrected chi connectivity index (χ4v) is 2.11. The first-order valence-electron chi connectivity index (χ1n) is 5.98. The van der Waals surface area contributed by atoms with E-state index in [9.17, 15) is 14.9 Å². The molecule has 0 spiro atoms. The molecule has 0 aliphatic heterocycles. The maximum absolute atomic E-state index is 11.6. The van der Waals surface area contributed by atoms with E-state index in [1.807, 2.05) is 0 Å². The van der Waals surface area contributed by atoms with Crippen molar-refractivity contribution in [3.05, 3.63) is 67.6 Å². The number of nitro benzene ring substituents is 1. The van der Waals surface area contributed by atoms with Crippen LogP contribution in [0.15, 0.2) is 46.9 Å². The molecule has 0 aliphatic carbocycles. The number of carbonyl (C=O) groups is 1. The third-order valence-electron chi connectivity index (χ3n) is 2.60. The molecule has 0 aliphatic rings. The normalized spacial score (nSPS) is 10.1. The highest BCUT2D eigenvalue weighted by molar-refractivity contribution is 9.10. The van der Waals surface area contributed by atoms with Crippen LogP contribution in [0.3, 0.4) is 0 Å². The molecular formula is C14H9BrClNO5. The van der Waals surface area contributed by atoms with Gasteiger partial charge < -0.3 is 9.47 Å². The van der Waals surface area contributed by atoms with Crippen LogP contribution in [0.2, 0.25) is 5.02 Å². The van der Waals surface area contributed by atoms with Crippen LogP contribution in [-0.4, -0.2) is 11.1 Å². The Morgan fingerprint density at radius 2 is 1.91 bits per heavy atom. The lowest BCUT2D eigenvalue weighted by molar-refractivity contribution is -0.384. The van der Waals surface area contributed by atoms with E-state index in [-0.39, 0.29) is 18.0 Å². The summed E-state index contributed by atoms with van der Waals surface area (Å²) in [5.41, 5.74) is 0.594. The zero-order valence-corrected chi connectivity index (χ0v) is 13.3. The fourth-order valence-electron chi connectivity index (χ4n) is 1.55. The number of benzene rings is 2. The average Bonchev–Trinajstić information content (AvgIpc) is 2.49. The topological polar surface area (TPSA) is 78.7 Å². The van der Waals surface area contributed by atoms with Gasteiger partial charge in [-0.1, -0.05) is 27.5 Å². The molecule has 0 aromatic heterocycles. The Bertz CT molecular complexity index is 705. The summed E-state index contributed by atoms with van der Waals surface area (Å²) >= 11 is 9.17. The summed E-state index contributed by atoms with van der Waals surface area (Å²) in [6.45, 7) is -0.0209. The van der Waals surface area contributed by atoms with Gasteiger partial charge in [-0.05, 0) is 30.3 Å². The van der Waals surface area contributed by atoms with Crippen molar-refractivity contribution in [1.82, 2.24) is 0 Å². The molecule has 22 heavy (non-hydrogen) atoms. The molecule has 2 aromatic rings. The van der Waals surface area contributed by atoms with E-state index >= 15 is 0 Å². The first kappa shape index (κ1) is 16.3. The van der Waals surface area contributed by atoms with E-state index in [0.29, 0.717) is 10.6 Å². The number of halogens is 2. The molecule has 8 heteroatoms. The molecular weight excluding hydrogens is 378 g/mol. The van der Waals surface area contributed by atoms with Crippen molar-refractivity contribution in [3.63, 3.8) is 0 Å². The van der Waals surface area contributed by atoms with Crippen LogP contribution in [-0.2, 0) is 11.3 Å². The number of hydrogen-bond acceptors (Lipinski definition) is 5. The van der Waals surface area contributed by atoms with Crippen LogP contribution in [0.25, 0.3) is 0 Å². The van der Waals surface area contributed by atoms with Gasteiger partial charge in [0.25, 0.3) is 5.69 Å². The Hall–Kier alpha value is -2.12. The van der Waals surface area contributed by atoms with Gasteiger partial charge in [0.15, 0.2) is 0 Å². The summed E-state index contributed by atoms with van der Waals surface area (Å²) in [6.07, 6.45) is -0.916. The standard InChI is InChI=1S/C14H9BrClNO5/c15-13-6-1-10(16)7-9(13)8-21-14(18)22-12-4-2-11(3-5-12)17(19)20/h1-7H,8H2. The van der Waals surface area contributed by atoms with Crippen molar-refractivity contribution < 1.29 is 19.2 Å². The first-order valence-corrected chi connectivity index (χ1v) is 7.16. The van der Waals surface area contributed by atoms with Crippen molar-refractivity contribution in [1.29, 1.82) is 0 Å². The van der Waals surface area contributed by atoms with E-state index in [1.54, 1.807) is 18.2 Å². The summed E-state index contributed by atoms with van der Waals surface area (Å²) < 4.78 is 10.6. The van der Waals surface area contributed by atoms with Crippen LogP contribution in [0.4, 0.5) is 10.5 Å². The predicted octanol–water partition coefficient (Wildman–Crippen LogP) is 4.73. The van der Waals surface area contributed by atoms with Gasteiger partial charge in [-0.25, -0.2) is 4.79 Å². The lowest BCUT2D eigenvalue weighted by Gasteiger charge is -2.07. The second-order valence-electron chi connectivity index (χ2n) is 4.13. The van der Waals surface area contributed by atoms with Crippen LogP contribution in [0, 0.1) is 10.1 Å². The summed E-state index contributed by atoms with van der Waals surface area (Å²) in [7, 11) is 0. The minimum absolute atomic E-state index is 0.0209. The quantitative estimate of drug-likeness (QED) is 0.328. The molecule has 0 atom stereocenters. The van der Waals surface area contributed by atoms with E-state index in [4.69, 9.17) is 21.1 Å². The van der Waals surface area contributed by atoms with Crippen molar-refractivity contribution in [2.24, 2.45) is 0 Å². The number of rotatable bonds is 4. The highest BCUT2D eigenvalue weighted by Crippen LogP contribution is 2.22. The predicted molar refractivity (Wildman–Crippen MR) is 83.1 cm³/mol. The average molecular weight is 387 g/mol. The molecule has 0 bridgehead atoms. The third kappa shape index (κ3) is 4.44. The Morgan fingerprint density at radius 3 is 2.55 bits per heavy atom. The molecule has 0 radical (unpaired) electrons. The number of nitro groups is 1. The molecule has 2 rings (SSSR count). The zero-order valence-electron chi connectivity index (χ0n) is 11.0. The van der Waals surface area contributed by atoms with Gasteiger partial charge in [-0.15, -0.1) is 0 Å². The Kier molecular flexibility index (Phi) is 5.35. The van der Waals surface area contributed by atoms with Crippen molar-refractivity contribution in [2.45, 2.75) is 6.61 Å². The molecule has 0 saturated carbocycles. The molecule has 0 N–H and O–H groups in total. The molecule has 0 unspecified atom stereocenters. The third-order valence-corrected chi connectivity index (χ3v) is 3.61. The zero-order chi connectivity index (χ0) is 16.1. The number of hydrogen-bond donors (Lipinski definition) is 0. The summed E-state index contributed by atoms with van der Waals surface area (Å²) in [5.74, 6) is 0.153. The maximum atomic E-state index is 11.6. The first-order chi connectivity index (χ1) is 10.5. The minimum Gasteiger partial charge on any atom is -0.429 e. The van der Waals surface area contributed by atoms with Crippen molar-refractivity contribution >= 4 is 39.4 Å². The van der Waals surface area contributed by atoms with Gasteiger partial charge in [0.05, 0.1) is 4.92 Å². The second kappa shape index (κ2) is 7.24. The van der Waals surface area contributed by atoms with Gasteiger partial charge in [-0.2, -0.15) is 0 Å². The SMILES string of the molecule is O=C(OCc1cc(Cl)ccc1Br)Oc1ccc([N+](=O)[O-])cc1. The molecule has 0 saturated heterocycles. The molecule has 0 fully saturated rings. The highest BCUT2D eigenvalue weighted by Gasteiger charge is 2.10. The number of carbonyl (C=O) groups excluding carboxylic acids is 1. The van der Waals surface area contributed by atoms with Gasteiger partial charge >= 0.3 is 6.16 Å². The monoisotopic (exact) mass is 385 g/mol. The van der Waals surface area contributed by atoms with Crippen molar-refractivity contribution in [2.75, 3.05) is 0 Å². The molecule has 6 nitrogen and oxygen atoms in total. The molecule has 0 amide bonds. The molecule has 0 heterocycles. The van der Waals surface area contributed by atoms with Crippen molar-refractivity contribution in [3.8, 4) is 5.75 Å². The summed E-state index contributed by atoms with van der Waals surface area (Å²) in [4.78, 5) is 21.5. The Labute approximate surface area is 138 Å². The van der Waals surface area contributed by atoms with E-state index in [1.165, 1.54) is 24.3 Å². The Morgan fingerprint density at radius 1 is 1.23 bits per heavy atom. The van der Waals surface area contributed by atoms with E-state index in [0.717, 1.165) is 4.47 Å². The van der Waals surface area contributed by atoms with Gasteiger partial charge in [-0.3, -0.25) is 10.1 Å². The largest absolute Gasteiger partial charge is 0.514 e. The number of non-ortho nitro benzene ring substituents is 1. The lowest BCUT2D eigenvalue weighted by atomic mass is 10.2. The second-order valence-corrected chi connectivity index (χ2v) is 5.42. The van der Waals surface area contributed by atoms with Gasteiger partial charge in [0.2, 0.25) is 0 Å². The minimum atomic E-state index is -0.916. The number of ether oxygens (including phenoxy) is 2. The lowest BCUT2D eigenvalue weighted by Crippen LogP contribution is -2.10. The molecule has 2 aromatic carbocycles. The van der Waals surface area contributed by atoms with Gasteiger partial charge in [0.1, 0.15) is 12.4 Å².